The number of halogens is 3. The Morgan fingerprint density at radius 2 is 2.10 bits per heavy atom. The highest BCUT2D eigenvalue weighted by molar-refractivity contribution is 5.87. The van der Waals surface area contributed by atoms with Gasteiger partial charge in [0.1, 0.15) is 12.6 Å². The van der Waals surface area contributed by atoms with Crippen molar-refractivity contribution < 1.29 is 22.8 Å². The smallest absolute Gasteiger partial charge is 0.368 e. The predicted molar refractivity (Wildman–Crippen MR) is 56.7 cm³/mol. The summed E-state index contributed by atoms with van der Waals surface area (Å²) in [6.07, 6.45) is -3.78. The van der Waals surface area contributed by atoms with E-state index in [2.05, 4.69) is 15.5 Å². The van der Waals surface area contributed by atoms with Gasteiger partial charge in [0.15, 0.2) is 0 Å². The summed E-state index contributed by atoms with van der Waals surface area (Å²) in [7, 11) is 0. The number of hydrogen-bond acceptors (Lipinski definition) is 5. The van der Waals surface area contributed by atoms with Crippen LogP contribution < -0.4 is 5.73 Å². The number of alkyl halides is 3. The molecule has 2 heterocycles. The zero-order chi connectivity index (χ0) is 14.9. The van der Waals surface area contributed by atoms with Crippen molar-refractivity contribution in [1.82, 2.24) is 25.1 Å². The maximum absolute atomic E-state index is 12.6. The average Bonchev–Trinajstić information content (AvgIpc) is 2.95. The van der Waals surface area contributed by atoms with Crippen molar-refractivity contribution in [3.8, 4) is 0 Å². The third kappa shape index (κ3) is 2.70. The molecule has 1 aromatic rings. The minimum Gasteiger partial charge on any atom is -0.368 e. The zero-order valence-electron chi connectivity index (χ0n) is 10.2. The van der Waals surface area contributed by atoms with Crippen LogP contribution in [0, 0.1) is 0 Å². The van der Waals surface area contributed by atoms with Gasteiger partial charge >= 0.3 is 6.18 Å². The van der Waals surface area contributed by atoms with Gasteiger partial charge in [-0.3, -0.25) is 9.59 Å². The Balaban J connectivity index is 2.13. The van der Waals surface area contributed by atoms with Crippen LogP contribution in [0.3, 0.4) is 0 Å². The van der Waals surface area contributed by atoms with Gasteiger partial charge in [-0.15, -0.1) is 5.10 Å². The molecule has 1 aliphatic heterocycles. The molecule has 1 saturated heterocycles. The number of carbonyl (C=O) groups is 2. The highest BCUT2D eigenvalue weighted by atomic mass is 19.4. The largest absolute Gasteiger partial charge is 0.453 e. The predicted octanol–water partition coefficient (Wildman–Crippen LogP) is -0.832. The Kier molecular flexibility index (Phi) is 3.59. The molecular weight excluding hydrogens is 281 g/mol. The number of rotatable bonds is 3. The number of aromatic nitrogens is 4. The van der Waals surface area contributed by atoms with Gasteiger partial charge in [-0.25, -0.2) is 4.68 Å². The summed E-state index contributed by atoms with van der Waals surface area (Å²) < 4.78 is 38.0. The molecule has 8 nitrogen and oxygen atoms in total. The van der Waals surface area contributed by atoms with Crippen molar-refractivity contribution in [2.75, 3.05) is 6.54 Å². The average molecular weight is 292 g/mol. The SMILES string of the molecule is NC(=O)C1CCCN1C(=O)Cn1nnnc1C(F)(F)F. The second kappa shape index (κ2) is 5.06. The van der Waals surface area contributed by atoms with Crippen LogP contribution >= 0.6 is 0 Å². The van der Waals surface area contributed by atoms with E-state index in [0.29, 0.717) is 17.5 Å². The molecule has 0 saturated carbocycles. The second-order valence-corrected chi connectivity index (χ2v) is 4.31. The van der Waals surface area contributed by atoms with Crippen LogP contribution in [0.25, 0.3) is 0 Å². The first-order valence-corrected chi connectivity index (χ1v) is 5.73. The van der Waals surface area contributed by atoms with Crippen molar-refractivity contribution >= 4 is 11.8 Å². The van der Waals surface area contributed by atoms with Crippen LogP contribution in [0.1, 0.15) is 18.7 Å². The van der Waals surface area contributed by atoms with E-state index in [1.807, 2.05) is 0 Å². The summed E-state index contributed by atoms with van der Waals surface area (Å²) in [6, 6.07) is -0.784. The first-order valence-electron chi connectivity index (χ1n) is 5.73. The molecule has 11 heteroatoms. The van der Waals surface area contributed by atoms with Crippen molar-refractivity contribution in [3.05, 3.63) is 5.82 Å². The van der Waals surface area contributed by atoms with Crippen LogP contribution in [0.2, 0.25) is 0 Å². The molecule has 2 rings (SSSR count). The van der Waals surface area contributed by atoms with E-state index in [1.165, 1.54) is 0 Å². The summed E-state index contributed by atoms with van der Waals surface area (Å²) in [5.41, 5.74) is 5.14. The number of carbonyl (C=O) groups excluding carboxylic acids is 2. The standard InChI is InChI=1S/C9H11F3N6O2/c10-9(11,12)8-14-15-16-18(8)4-6(19)17-3-1-2-5(17)7(13)20/h5H,1-4H2,(H2,13,20). The van der Waals surface area contributed by atoms with E-state index in [0.717, 1.165) is 4.90 Å². The Morgan fingerprint density at radius 3 is 2.70 bits per heavy atom. The summed E-state index contributed by atoms with van der Waals surface area (Å²) in [5, 5.41) is 8.87. The summed E-state index contributed by atoms with van der Waals surface area (Å²) in [6.45, 7) is -0.415. The zero-order valence-corrected chi connectivity index (χ0v) is 10.2. The van der Waals surface area contributed by atoms with Gasteiger partial charge in [0.2, 0.25) is 11.8 Å². The lowest BCUT2D eigenvalue weighted by Crippen LogP contribution is -2.45. The normalized spacial score (nSPS) is 19.4. The first kappa shape index (κ1) is 14.2. The number of hydrogen-bond donors (Lipinski definition) is 1. The number of tetrazole rings is 1. The van der Waals surface area contributed by atoms with E-state index in [1.54, 1.807) is 0 Å². The molecule has 1 aromatic heterocycles. The Labute approximate surface area is 110 Å². The van der Waals surface area contributed by atoms with Crippen molar-refractivity contribution in [3.63, 3.8) is 0 Å². The van der Waals surface area contributed by atoms with E-state index in [9.17, 15) is 22.8 Å². The van der Waals surface area contributed by atoms with E-state index < -0.39 is 36.4 Å². The van der Waals surface area contributed by atoms with Crippen LogP contribution in [0.5, 0.6) is 0 Å². The third-order valence-electron chi connectivity index (χ3n) is 2.97. The van der Waals surface area contributed by atoms with Crippen molar-refractivity contribution in [2.24, 2.45) is 5.73 Å². The molecular formula is C9H11F3N6O2. The fraction of sp³-hybridized carbons (Fsp3) is 0.667. The van der Waals surface area contributed by atoms with Gasteiger partial charge in [0.05, 0.1) is 0 Å². The lowest BCUT2D eigenvalue weighted by atomic mass is 10.2. The Morgan fingerprint density at radius 1 is 1.40 bits per heavy atom. The van der Waals surface area contributed by atoms with E-state index >= 15 is 0 Å². The molecule has 2 N–H and O–H groups in total. The molecule has 1 fully saturated rings. The van der Waals surface area contributed by atoms with Crippen LogP contribution in [-0.2, 0) is 22.3 Å². The molecule has 1 aliphatic rings. The molecule has 0 bridgehead atoms. The van der Waals surface area contributed by atoms with Crippen LogP contribution in [-0.4, -0.2) is 49.5 Å². The Bertz CT molecular complexity index is 528. The number of amides is 2. The lowest BCUT2D eigenvalue weighted by Gasteiger charge is -2.22. The van der Waals surface area contributed by atoms with Gasteiger partial charge in [-0.2, -0.15) is 13.2 Å². The summed E-state index contributed by atoms with van der Waals surface area (Å²) >= 11 is 0. The second-order valence-electron chi connectivity index (χ2n) is 4.31. The van der Waals surface area contributed by atoms with Crippen molar-refractivity contribution in [1.29, 1.82) is 0 Å². The van der Waals surface area contributed by atoms with Gasteiger partial charge in [-0.1, -0.05) is 0 Å². The quantitative estimate of drug-likeness (QED) is 0.782. The van der Waals surface area contributed by atoms with Gasteiger partial charge < -0.3 is 10.6 Å². The van der Waals surface area contributed by atoms with Gasteiger partial charge in [0, 0.05) is 6.54 Å². The fourth-order valence-corrected chi connectivity index (χ4v) is 2.09. The molecule has 0 radical (unpaired) electrons. The monoisotopic (exact) mass is 292 g/mol. The fourth-order valence-electron chi connectivity index (χ4n) is 2.09. The lowest BCUT2D eigenvalue weighted by molar-refractivity contribution is -0.149. The Hall–Kier alpha value is -2.20. The van der Waals surface area contributed by atoms with Gasteiger partial charge in [-0.05, 0) is 23.3 Å². The minimum atomic E-state index is -4.75. The number of primary amides is 1. The van der Waals surface area contributed by atoms with Crippen LogP contribution in [0.15, 0.2) is 0 Å². The topological polar surface area (TPSA) is 107 Å². The maximum Gasteiger partial charge on any atom is 0.453 e. The minimum absolute atomic E-state index is 0.274. The number of nitrogens with two attached hydrogens (primary N) is 1. The molecule has 1 atom stereocenters. The number of nitrogens with zero attached hydrogens (tertiary/aromatic N) is 5. The highest BCUT2D eigenvalue weighted by Gasteiger charge is 2.39. The van der Waals surface area contributed by atoms with Crippen LogP contribution in [0.4, 0.5) is 13.2 Å². The molecule has 0 aromatic carbocycles. The van der Waals surface area contributed by atoms with E-state index in [-0.39, 0.29) is 6.54 Å². The molecule has 1 unspecified atom stereocenters. The molecule has 0 aliphatic carbocycles. The molecule has 20 heavy (non-hydrogen) atoms. The molecule has 2 amide bonds. The third-order valence-corrected chi connectivity index (χ3v) is 2.97. The summed E-state index contributed by atoms with van der Waals surface area (Å²) in [4.78, 5) is 24.2. The molecule has 110 valence electrons. The highest BCUT2D eigenvalue weighted by Crippen LogP contribution is 2.26. The molecule has 0 spiro atoms. The summed E-state index contributed by atoms with van der Waals surface area (Å²) in [5.74, 6) is -2.71. The number of likely N-dealkylation sites (tertiary alicyclic amines) is 1. The van der Waals surface area contributed by atoms with E-state index in [4.69, 9.17) is 5.73 Å². The first-order chi connectivity index (χ1) is 9.30. The van der Waals surface area contributed by atoms with Crippen molar-refractivity contribution in [2.45, 2.75) is 31.6 Å². The maximum atomic E-state index is 12.6. The van der Waals surface area contributed by atoms with Gasteiger partial charge in [0.25, 0.3) is 5.82 Å².